The maximum atomic E-state index is 12.8. The van der Waals surface area contributed by atoms with E-state index in [-0.39, 0.29) is 23.7 Å². The van der Waals surface area contributed by atoms with Crippen LogP contribution in [-0.4, -0.2) is 45.5 Å². The molecule has 1 fully saturated rings. The zero-order chi connectivity index (χ0) is 22.9. The molecular weight excluding hydrogens is 450 g/mol. The molecule has 0 bridgehead atoms. The van der Waals surface area contributed by atoms with E-state index in [9.17, 15) is 18.5 Å². The van der Waals surface area contributed by atoms with Gasteiger partial charge in [-0.1, -0.05) is 32.0 Å². The zero-order valence-electron chi connectivity index (χ0n) is 17.7. The van der Waals surface area contributed by atoms with Crippen molar-refractivity contribution >= 4 is 27.5 Å². The summed E-state index contributed by atoms with van der Waals surface area (Å²) < 4.78 is 28.9. The van der Waals surface area contributed by atoms with Crippen molar-refractivity contribution in [1.82, 2.24) is 19.1 Å². The van der Waals surface area contributed by atoms with Crippen molar-refractivity contribution in [3.63, 3.8) is 0 Å². The van der Waals surface area contributed by atoms with Crippen LogP contribution in [0.4, 0.5) is 5.69 Å². The molecule has 1 aliphatic rings. The van der Waals surface area contributed by atoms with Crippen molar-refractivity contribution in [1.29, 1.82) is 0 Å². The highest BCUT2D eigenvalue weighted by atomic mass is 32.2. The predicted octanol–water partition coefficient (Wildman–Crippen LogP) is 4.23. The number of sulfonamides is 1. The predicted molar refractivity (Wildman–Crippen MR) is 121 cm³/mol. The van der Waals surface area contributed by atoms with Crippen LogP contribution in [0.15, 0.2) is 63.5 Å². The molecule has 2 aromatic carbocycles. The van der Waals surface area contributed by atoms with Gasteiger partial charge in [-0.25, -0.2) is 8.42 Å². The zero-order valence-corrected chi connectivity index (χ0v) is 19.3. The minimum Gasteiger partial charge on any atom is -0.274 e. The number of nitro benzene ring substituents is 1. The topological polar surface area (TPSA) is 111 Å². The van der Waals surface area contributed by atoms with E-state index in [4.69, 9.17) is 0 Å². The molecule has 9 nitrogen and oxygen atoms in total. The molecule has 0 spiro atoms. The Balaban J connectivity index is 1.75. The summed E-state index contributed by atoms with van der Waals surface area (Å²) in [5.41, 5.74) is 0.601. The molecule has 3 aromatic rings. The van der Waals surface area contributed by atoms with Gasteiger partial charge in [0.05, 0.1) is 14.7 Å². The number of nitrogens with zero attached hydrogens (tertiary/aromatic N) is 5. The first-order chi connectivity index (χ1) is 15.4. The van der Waals surface area contributed by atoms with E-state index >= 15 is 0 Å². The number of rotatable bonds is 9. The fourth-order valence-corrected chi connectivity index (χ4v) is 5.89. The lowest BCUT2D eigenvalue weighted by atomic mass is 10.3. The van der Waals surface area contributed by atoms with Crippen molar-refractivity contribution < 1.29 is 13.3 Å². The van der Waals surface area contributed by atoms with Crippen molar-refractivity contribution in [3.05, 3.63) is 64.5 Å². The second kappa shape index (κ2) is 9.00. The fourth-order valence-electron chi connectivity index (χ4n) is 3.47. The van der Waals surface area contributed by atoms with Gasteiger partial charge >= 0.3 is 0 Å². The number of aromatic nitrogens is 3. The molecule has 0 atom stereocenters. The summed E-state index contributed by atoms with van der Waals surface area (Å²) in [5, 5.41) is 21.0. The number of nitro groups is 1. The second-order valence-corrected chi connectivity index (χ2v) is 10.3. The highest BCUT2D eigenvalue weighted by Crippen LogP contribution is 2.43. The van der Waals surface area contributed by atoms with E-state index in [2.05, 4.69) is 10.2 Å². The first kappa shape index (κ1) is 22.4. The van der Waals surface area contributed by atoms with Crippen molar-refractivity contribution in [2.75, 3.05) is 13.1 Å². The number of hydrogen-bond acceptors (Lipinski definition) is 7. The Hall–Kier alpha value is -2.76. The maximum absolute atomic E-state index is 12.8. The van der Waals surface area contributed by atoms with Crippen LogP contribution in [0.25, 0.3) is 5.69 Å². The van der Waals surface area contributed by atoms with Crippen LogP contribution in [0.2, 0.25) is 0 Å². The molecule has 32 heavy (non-hydrogen) atoms. The highest BCUT2D eigenvalue weighted by Gasteiger charge is 2.32. The van der Waals surface area contributed by atoms with Gasteiger partial charge < -0.3 is 0 Å². The minimum absolute atomic E-state index is 0.0968. The summed E-state index contributed by atoms with van der Waals surface area (Å²) in [5.74, 6) is 1.16. The van der Waals surface area contributed by atoms with Crippen LogP contribution in [0, 0.1) is 10.1 Å². The summed E-state index contributed by atoms with van der Waals surface area (Å²) in [7, 11) is -3.81. The molecule has 0 N–H and O–H groups in total. The van der Waals surface area contributed by atoms with E-state index in [0.717, 1.165) is 42.2 Å². The average Bonchev–Trinajstić information content (AvgIpc) is 3.55. The van der Waals surface area contributed by atoms with Gasteiger partial charge in [0.15, 0.2) is 0 Å². The van der Waals surface area contributed by atoms with Crippen LogP contribution in [0.5, 0.6) is 0 Å². The molecule has 168 valence electrons. The molecule has 1 saturated carbocycles. The van der Waals surface area contributed by atoms with Crippen molar-refractivity contribution in [2.45, 2.75) is 47.6 Å². The lowest BCUT2D eigenvalue weighted by Gasteiger charge is -2.18. The number of para-hydroxylation sites is 1. The smallest absolute Gasteiger partial charge is 0.274 e. The van der Waals surface area contributed by atoms with Crippen LogP contribution in [0.3, 0.4) is 0 Å². The Bertz CT molecular complexity index is 1240. The van der Waals surface area contributed by atoms with Gasteiger partial charge in [0.25, 0.3) is 5.69 Å². The van der Waals surface area contributed by atoms with Gasteiger partial charge in [0.2, 0.25) is 15.2 Å². The second-order valence-electron chi connectivity index (χ2n) is 7.36. The van der Waals surface area contributed by atoms with Crippen LogP contribution < -0.4 is 0 Å². The maximum Gasteiger partial charge on any atom is 0.284 e. The van der Waals surface area contributed by atoms with E-state index in [0.29, 0.717) is 16.0 Å². The monoisotopic (exact) mass is 473 g/mol. The van der Waals surface area contributed by atoms with Gasteiger partial charge in [0.1, 0.15) is 5.82 Å². The molecule has 1 heterocycles. The first-order valence-electron chi connectivity index (χ1n) is 10.3. The van der Waals surface area contributed by atoms with E-state index in [1.54, 1.807) is 13.8 Å². The van der Waals surface area contributed by atoms with Gasteiger partial charge in [0, 0.05) is 30.8 Å². The van der Waals surface area contributed by atoms with Crippen LogP contribution in [-0.2, 0) is 10.0 Å². The molecule has 0 unspecified atom stereocenters. The van der Waals surface area contributed by atoms with Crippen LogP contribution in [0.1, 0.15) is 38.4 Å². The fraction of sp³-hybridized carbons (Fsp3) is 0.333. The molecule has 1 aliphatic carbocycles. The summed E-state index contributed by atoms with van der Waals surface area (Å²) in [6, 6.07) is 13.6. The van der Waals surface area contributed by atoms with Gasteiger partial charge in [-0.2, -0.15) is 4.31 Å². The summed E-state index contributed by atoms with van der Waals surface area (Å²) in [6.07, 6.45) is 2.07. The molecule has 0 amide bonds. The largest absolute Gasteiger partial charge is 0.284 e. The number of benzene rings is 2. The summed E-state index contributed by atoms with van der Waals surface area (Å²) in [6.45, 7) is 4.03. The average molecular weight is 474 g/mol. The van der Waals surface area contributed by atoms with Crippen LogP contribution >= 0.6 is 11.8 Å². The van der Waals surface area contributed by atoms with Crippen molar-refractivity contribution in [3.8, 4) is 5.69 Å². The minimum atomic E-state index is -3.81. The van der Waals surface area contributed by atoms with E-state index in [1.165, 1.54) is 16.4 Å². The summed E-state index contributed by atoms with van der Waals surface area (Å²) in [4.78, 5) is 11.5. The van der Waals surface area contributed by atoms with E-state index in [1.807, 2.05) is 34.9 Å². The Labute approximate surface area is 190 Å². The molecule has 0 radical (unpaired) electrons. The molecule has 11 heteroatoms. The Kier molecular flexibility index (Phi) is 6.31. The Morgan fingerprint density at radius 1 is 1.12 bits per heavy atom. The third-order valence-electron chi connectivity index (χ3n) is 5.29. The SMILES string of the molecule is CCN(CC)S(=O)(=O)c1ccc(Sc2nnc(C3CC3)n2-c2ccccc2)c([N+](=O)[O-])c1. The third kappa shape index (κ3) is 4.27. The third-order valence-corrected chi connectivity index (χ3v) is 8.34. The lowest BCUT2D eigenvalue weighted by Crippen LogP contribution is -2.30. The standard InChI is InChI=1S/C21H23N5O4S2/c1-3-24(4-2)32(29,30)17-12-13-19(18(14-17)26(27)28)31-21-23-22-20(15-10-11-15)25(21)16-8-6-5-7-9-16/h5-9,12-15H,3-4,10-11H2,1-2H3. The molecule has 0 saturated heterocycles. The normalized spacial score (nSPS) is 14.1. The molecule has 4 rings (SSSR count). The quantitative estimate of drug-likeness (QED) is 0.338. The Morgan fingerprint density at radius 3 is 2.41 bits per heavy atom. The first-order valence-corrected chi connectivity index (χ1v) is 12.6. The van der Waals surface area contributed by atoms with Gasteiger partial charge in [-0.05, 0) is 48.9 Å². The van der Waals surface area contributed by atoms with Gasteiger partial charge in [-0.3, -0.25) is 14.7 Å². The van der Waals surface area contributed by atoms with Crippen molar-refractivity contribution in [2.24, 2.45) is 0 Å². The molecule has 1 aromatic heterocycles. The lowest BCUT2D eigenvalue weighted by molar-refractivity contribution is -0.388. The highest BCUT2D eigenvalue weighted by molar-refractivity contribution is 7.99. The summed E-state index contributed by atoms with van der Waals surface area (Å²) >= 11 is 1.11. The van der Waals surface area contributed by atoms with Gasteiger partial charge in [-0.15, -0.1) is 10.2 Å². The molecule has 0 aliphatic heterocycles. The number of hydrogen-bond donors (Lipinski definition) is 0. The van der Waals surface area contributed by atoms with E-state index < -0.39 is 14.9 Å². The molecular formula is C21H23N5O4S2. The Morgan fingerprint density at radius 2 is 1.81 bits per heavy atom.